The molecule has 2 aliphatic rings. The highest BCUT2D eigenvalue weighted by Gasteiger charge is 2.33. The van der Waals surface area contributed by atoms with Crippen LogP contribution in [0.1, 0.15) is 32.1 Å². The Hall–Kier alpha value is -1.10. The highest BCUT2D eigenvalue weighted by molar-refractivity contribution is 7.11. The van der Waals surface area contributed by atoms with Crippen molar-refractivity contribution in [1.82, 2.24) is 9.88 Å². The summed E-state index contributed by atoms with van der Waals surface area (Å²) in [5.74, 6) is 0.942. The minimum absolute atomic E-state index is 0.142. The van der Waals surface area contributed by atoms with Crippen LogP contribution >= 0.6 is 11.3 Å². The molecule has 0 bridgehead atoms. The van der Waals surface area contributed by atoms with E-state index < -0.39 is 0 Å². The van der Waals surface area contributed by atoms with E-state index in [4.69, 9.17) is 4.74 Å². The lowest BCUT2D eigenvalue weighted by atomic mass is 10.0. The Bertz CT molecular complexity index is 395. The van der Waals surface area contributed by atoms with Crippen LogP contribution in [0.5, 0.6) is 5.19 Å². The van der Waals surface area contributed by atoms with Gasteiger partial charge in [-0.3, -0.25) is 4.79 Å². The summed E-state index contributed by atoms with van der Waals surface area (Å²) in [6.07, 6.45) is 7.69. The van der Waals surface area contributed by atoms with Gasteiger partial charge in [0, 0.05) is 18.0 Å². The molecule has 5 heteroatoms. The Morgan fingerprint density at radius 1 is 1.44 bits per heavy atom. The van der Waals surface area contributed by atoms with Gasteiger partial charge < -0.3 is 9.64 Å². The van der Waals surface area contributed by atoms with Crippen molar-refractivity contribution in [3.63, 3.8) is 0 Å². The van der Waals surface area contributed by atoms with E-state index in [2.05, 4.69) is 4.98 Å². The molecule has 4 nitrogen and oxygen atoms in total. The highest BCUT2D eigenvalue weighted by Crippen LogP contribution is 2.29. The molecule has 1 saturated carbocycles. The van der Waals surface area contributed by atoms with Gasteiger partial charge in [-0.25, -0.2) is 4.98 Å². The van der Waals surface area contributed by atoms with Crippen LogP contribution in [0.25, 0.3) is 0 Å². The van der Waals surface area contributed by atoms with Crippen molar-refractivity contribution in [2.45, 2.75) is 38.2 Å². The number of hydrogen-bond acceptors (Lipinski definition) is 4. The summed E-state index contributed by atoms with van der Waals surface area (Å²) >= 11 is 1.50. The van der Waals surface area contributed by atoms with Crippen LogP contribution in [0, 0.1) is 5.92 Å². The Labute approximate surface area is 111 Å². The van der Waals surface area contributed by atoms with Crippen LogP contribution in [-0.4, -0.2) is 35.0 Å². The predicted molar refractivity (Wildman–Crippen MR) is 69.7 cm³/mol. The van der Waals surface area contributed by atoms with Gasteiger partial charge in [0.2, 0.25) is 5.91 Å². The van der Waals surface area contributed by atoms with E-state index >= 15 is 0 Å². The van der Waals surface area contributed by atoms with Gasteiger partial charge in [-0.2, -0.15) is 0 Å². The SMILES string of the molecule is O=C(CC1CCCC1)N1CC(Oc2nccs2)C1. The highest BCUT2D eigenvalue weighted by atomic mass is 32.1. The van der Waals surface area contributed by atoms with E-state index in [0.29, 0.717) is 17.0 Å². The molecule has 3 rings (SSSR count). The Morgan fingerprint density at radius 2 is 2.22 bits per heavy atom. The fraction of sp³-hybridized carbons (Fsp3) is 0.692. The van der Waals surface area contributed by atoms with Gasteiger partial charge in [0.05, 0.1) is 13.1 Å². The van der Waals surface area contributed by atoms with Crippen molar-refractivity contribution in [3.05, 3.63) is 11.6 Å². The minimum Gasteiger partial charge on any atom is -0.463 e. The lowest BCUT2D eigenvalue weighted by Crippen LogP contribution is -2.56. The molecule has 98 valence electrons. The molecule has 0 atom stereocenters. The first-order chi connectivity index (χ1) is 8.81. The summed E-state index contributed by atoms with van der Waals surface area (Å²) in [5.41, 5.74) is 0. The fourth-order valence-corrected chi connectivity index (χ4v) is 3.27. The summed E-state index contributed by atoms with van der Waals surface area (Å²) in [4.78, 5) is 18.0. The third kappa shape index (κ3) is 2.66. The molecule has 2 heterocycles. The first-order valence-corrected chi connectivity index (χ1v) is 7.53. The maximum absolute atomic E-state index is 12.0. The van der Waals surface area contributed by atoms with Crippen LogP contribution in [0.3, 0.4) is 0 Å². The molecule has 1 amide bonds. The zero-order chi connectivity index (χ0) is 12.4. The van der Waals surface area contributed by atoms with Crippen LogP contribution in [-0.2, 0) is 4.79 Å². The molecule has 1 aromatic rings. The first kappa shape index (κ1) is 12.0. The van der Waals surface area contributed by atoms with Crippen molar-refractivity contribution in [2.24, 2.45) is 5.92 Å². The molecule has 1 aliphatic heterocycles. The number of likely N-dealkylation sites (tertiary alicyclic amines) is 1. The molecule has 18 heavy (non-hydrogen) atoms. The number of thiazole rings is 1. The van der Waals surface area contributed by atoms with Gasteiger partial charge in [-0.15, -0.1) is 0 Å². The smallest absolute Gasteiger partial charge is 0.273 e. The standard InChI is InChI=1S/C13H18N2O2S/c16-12(7-10-3-1-2-4-10)15-8-11(9-15)17-13-14-5-6-18-13/h5-6,10-11H,1-4,7-9H2. The number of aromatic nitrogens is 1. The van der Waals surface area contributed by atoms with Crippen LogP contribution in [0.4, 0.5) is 0 Å². The second kappa shape index (κ2) is 5.26. The minimum atomic E-state index is 0.142. The van der Waals surface area contributed by atoms with Crippen molar-refractivity contribution in [3.8, 4) is 5.19 Å². The Kier molecular flexibility index (Phi) is 3.50. The molecular formula is C13H18N2O2S. The molecule has 0 aromatic carbocycles. The maximum atomic E-state index is 12.0. The van der Waals surface area contributed by atoms with Crippen LogP contribution < -0.4 is 4.74 Å². The average Bonchev–Trinajstić information content (AvgIpc) is 2.94. The quantitative estimate of drug-likeness (QED) is 0.840. The largest absolute Gasteiger partial charge is 0.463 e. The zero-order valence-electron chi connectivity index (χ0n) is 10.4. The lowest BCUT2D eigenvalue weighted by molar-refractivity contribution is -0.141. The summed E-state index contributed by atoms with van der Waals surface area (Å²) < 4.78 is 5.65. The summed E-state index contributed by atoms with van der Waals surface area (Å²) in [6.45, 7) is 1.45. The van der Waals surface area contributed by atoms with E-state index in [1.165, 1.54) is 37.0 Å². The zero-order valence-corrected chi connectivity index (χ0v) is 11.2. The van der Waals surface area contributed by atoms with Gasteiger partial charge in [-0.05, 0) is 18.8 Å². The summed E-state index contributed by atoms with van der Waals surface area (Å²) in [7, 11) is 0. The molecule has 1 aliphatic carbocycles. The van der Waals surface area contributed by atoms with E-state index in [-0.39, 0.29) is 6.10 Å². The average molecular weight is 266 g/mol. The van der Waals surface area contributed by atoms with Crippen molar-refractivity contribution in [2.75, 3.05) is 13.1 Å². The number of hydrogen-bond donors (Lipinski definition) is 0. The van der Waals surface area contributed by atoms with E-state index in [1.54, 1.807) is 6.20 Å². The summed E-state index contributed by atoms with van der Waals surface area (Å²) in [6, 6.07) is 0. The van der Waals surface area contributed by atoms with Crippen LogP contribution in [0.2, 0.25) is 0 Å². The molecular weight excluding hydrogens is 248 g/mol. The molecule has 1 aromatic heterocycles. The number of carbonyl (C=O) groups is 1. The first-order valence-electron chi connectivity index (χ1n) is 6.65. The van der Waals surface area contributed by atoms with E-state index in [1.807, 2.05) is 10.3 Å². The summed E-state index contributed by atoms with van der Waals surface area (Å²) in [5, 5.41) is 2.61. The molecule has 2 fully saturated rings. The topological polar surface area (TPSA) is 42.4 Å². The van der Waals surface area contributed by atoms with Gasteiger partial charge in [0.1, 0.15) is 6.10 Å². The van der Waals surface area contributed by atoms with Crippen molar-refractivity contribution in [1.29, 1.82) is 0 Å². The predicted octanol–water partition coefficient (Wildman–Crippen LogP) is 2.31. The maximum Gasteiger partial charge on any atom is 0.273 e. The normalized spacial score (nSPS) is 21.0. The monoisotopic (exact) mass is 266 g/mol. The number of rotatable bonds is 4. The molecule has 0 N–H and O–H groups in total. The number of nitrogens with zero attached hydrogens (tertiary/aromatic N) is 2. The van der Waals surface area contributed by atoms with Gasteiger partial charge in [0.25, 0.3) is 5.19 Å². The number of amides is 1. The van der Waals surface area contributed by atoms with Gasteiger partial charge in [0.15, 0.2) is 0 Å². The van der Waals surface area contributed by atoms with Gasteiger partial charge in [-0.1, -0.05) is 24.2 Å². The molecule has 0 spiro atoms. The lowest BCUT2D eigenvalue weighted by Gasteiger charge is -2.38. The molecule has 0 unspecified atom stereocenters. The fourth-order valence-electron chi connectivity index (χ4n) is 2.72. The molecule has 1 saturated heterocycles. The van der Waals surface area contributed by atoms with Crippen molar-refractivity contribution < 1.29 is 9.53 Å². The second-order valence-electron chi connectivity index (χ2n) is 5.19. The third-order valence-electron chi connectivity index (χ3n) is 3.82. The third-order valence-corrected chi connectivity index (χ3v) is 4.48. The number of ether oxygens (including phenoxy) is 1. The van der Waals surface area contributed by atoms with Gasteiger partial charge >= 0.3 is 0 Å². The second-order valence-corrected chi connectivity index (χ2v) is 6.05. The Balaban J connectivity index is 1.40. The van der Waals surface area contributed by atoms with E-state index in [0.717, 1.165) is 19.5 Å². The van der Waals surface area contributed by atoms with E-state index in [9.17, 15) is 4.79 Å². The molecule has 0 radical (unpaired) electrons. The Morgan fingerprint density at radius 3 is 2.89 bits per heavy atom. The van der Waals surface area contributed by atoms with Crippen molar-refractivity contribution >= 4 is 17.2 Å². The van der Waals surface area contributed by atoms with Crippen LogP contribution in [0.15, 0.2) is 11.6 Å². The number of carbonyl (C=O) groups excluding carboxylic acids is 1.